The second kappa shape index (κ2) is 5.01. The lowest BCUT2D eigenvalue weighted by Crippen LogP contribution is -2.39. The fourth-order valence-electron chi connectivity index (χ4n) is 1.40. The molecule has 1 unspecified atom stereocenters. The van der Waals surface area contributed by atoms with Gasteiger partial charge in [-0.15, -0.1) is 0 Å². The number of rotatable bonds is 3. The van der Waals surface area contributed by atoms with Gasteiger partial charge in [-0.2, -0.15) is 0 Å². The standard InChI is InChI=1S/C10H16N2O2S/c1-7-8(2)14-10(12-7)15-6-9-5-11-3-4-13-9/h9,11H,3-6H2,1-2H3. The van der Waals surface area contributed by atoms with Gasteiger partial charge >= 0.3 is 0 Å². The predicted octanol–water partition coefficient (Wildman–Crippen LogP) is 1.37. The van der Waals surface area contributed by atoms with E-state index in [0.717, 1.165) is 42.1 Å². The Morgan fingerprint density at radius 2 is 2.40 bits per heavy atom. The summed E-state index contributed by atoms with van der Waals surface area (Å²) in [6, 6.07) is 0. The summed E-state index contributed by atoms with van der Waals surface area (Å²) in [5, 5.41) is 4.05. The van der Waals surface area contributed by atoms with Crippen molar-refractivity contribution in [3.05, 3.63) is 11.5 Å². The highest BCUT2D eigenvalue weighted by Crippen LogP contribution is 2.21. The summed E-state index contributed by atoms with van der Waals surface area (Å²) in [6.07, 6.45) is 0.274. The Bertz CT molecular complexity index is 302. The van der Waals surface area contributed by atoms with Crippen LogP contribution in [0.15, 0.2) is 9.64 Å². The van der Waals surface area contributed by atoms with E-state index in [9.17, 15) is 0 Å². The van der Waals surface area contributed by atoms with Gasteiger partial charge in [0.2, 0.25) is 0 Å². The average molecular weight is 228 g/mol. The van der Waals surface area contributed by atoms with Crippen LogP contribution in [0.4, 0.5) is 0 Å². The molecule has 1 aliphatic heterocycles. The molecule has 0 amide bonds. The van der Waals surface area contributed by atoms with Crippen molar-refractivity contribution in [3.63, 3.8) is 0 Å². The van der Waals surface area contributed by atoms with Gasteiger partial charge in [0.05, 0.1) is 18.4 Å². The zero-order valence-electron chi connectivity index (χ0n) is 9.08. The molecule has 15 heavy (non-hydrogen) atoms. The highest BCUT2D eigenvalue weighted by atomic mass is 32.2. The Balaban J connectivity index is 1.81. The highest BCUT2D eigenvalue weighted by molar-refractivity contribution is 7.99. The van der Waals surface area contributed by atoms with E-state index in [1.54, 1.807) is 11.8 Å². The molecule has 2 heterocycles. The Morgan fingerprint density at radius 3 is 3.00 bits per heavy atom. The van der Waals surface area contributed by atoms with Crippen LogP contribution >= 0.6 is 11.8 Å². The van der Waals surface area contributed by atoms with Gasteiger partial charge < -0.3 is 14.5 Å². The van der Waals surface area contributed by atoms with Crippen molar-refractivity contribution in [2.24, 2.45) is 0 Å². The van der Waals surface area contributed by atoms with E-state index < -0.39 is 0 Å². The normalized spacial score (nSPS) is 21.9. The SMILES string of the molecule is Cc1nc(SCC2CNCCO2)oc1C. The second-order valence-electron chi connectivity index (χ2n) is 3.63. The molecule has 1 N–H and O–H groups in total. The molecular weight excluding hydrogens is 212 g/mol. The molecule has 1 aromatic heterocycles. The molecule has 0 bridgehead atoms. The molecule has 1 atom stereocenters. The van der Waals surface area contributed by atoms with Crippen molar-refractivity contribution in [3.8, 4) is 0 Å². The molecule has 1 fully saturated rings. The van der Waals surface area contributed by atoms with E-state index in [2.05, 4.69) is 10.3 Å². The van der Waals surface area contributed by atoms with Crippen molar-refractivity contribution >= 4 is 11.8 Å². The number of aryl methyl sites for hydroxylation is 2. The molecular formula is C10H16N2O2S. The van der Waals surface area contributed by atoms with Crippen molar-refractivity contribution in [1.29, 1.82) is 0 Å². The van der Waals surface area contributed by atoms with Crippen LogP contribution in [-0.2, 0) is 4.74 Å². The molecule has 0 aliphatic carbocycles. The van der Waals surface area contributed by atoms with Gasteiger partial charge in [-0.05, 0) is 13.8 Å². The number of thioether (sulfide) groups is 1. The second-order valence-corrected chi connectivity index (χ2v) is 4.60. The van der Waals surface area contributed by atoms with Crippen molar-refractivity contribution < 1.29 is 9.15 Å². The molecule has 0 aromatic carbocycles. The average Bonchev–Trinajstić information content (AvgIpc) is 2.57. The minimum absolute atomic E-state index is 0.274. The van der Waals surface area contributed by atoms with Crippen LogP contribution in [0.5, 0.6) is 0 Å². The van der Waals surface area contributed by atoms with E-state index in [1.165, 1.54) is 0 Å². The fourth-order valence-corrected chi connectivity index (χ4v) is 2.32. The summed E-state index contributed by atoms with van der Waals surface area (Å²) in [6.45, 7) is 6.57. The van der Waals surface area contributed by atoms with E-state index in [-0.39, 0.29) is 6.10 Å². The molecule has 2 rings (SSSR count). The lowest BCUT2D eigenvalue weighted by atomic mass is 10.3. The monoisotopic (exact) mass is 228 g/mol. The molecule has 1 saturated heterocycles. The summed E-state index contributed by atoms with van der Waals surface area (Å²) >= 11 is 1.62. The third-order valence-corrected chi connectivity index (χ3v) is 3.37. The number of morpholine rings is 1. The first-order valence-electron chi connectivity index (χ1n) is 5.15. The predicted molar refractivity (Wildman–Crippen MR) is 59.3 cm³/mol. The Hall–Kier alpha value is -0.520. The number of hydrogen-bond donors (Lipinski definition) is 1. The number of nitrogens with zero attached hydrogens (tertiary/aromatic N) is 1. The molecule has 0 saturated carbocycles. The zero-order valence-corrected chi connectivity index (χ0v) is 9.89. The highest BCUT2D eigenvalue weighted by Gasteiger charge is 2.15. The third-order valence-electron chi connectivity index (χ3n) is 2.41. The van der Waals surface area contributed by atoms with E-state index >= 15 is 0 Å². The molecule has 0 radical (unpaired) electrons. The van der Waals surface area contributed by atoms with Crippen LogP contribution in [0.2, 0.25) is 0 Å². The van der Waals surface area contributed by atoms with E-state index in [4.69, 9.17) is 9.15 Å². The number of ether oxygens (including phenoxy) is 1. The summed E-state index contributed by atoms with van der Waals surface area (Å²) in [4.78, 5) is 4.31. The van der Waals surface area contributed by atoms with Gasteiger partial charge in [0.15, 0.2) is 0 Å². The summed E-state index contributed by atoms with van der Waals surface area (Å²) in [7, 11) is 0. The Morgan fingerprint density at radius 1 is 1.53 bits per heavy atom. The smallest absolute Gasteiger partial charge is 0.256 e. The summed E-state index contributed by atoms with van der Waals surface area (Å²) < 4.78 is 11.1. The topological polar surface area (TPSA) is 47.3 Å². The number of oxazole rings is 1. The third kappa shape index (κ3) is 2.96. The first kappa shape index (κ1) is 11.0. The molecule has 0 spiro atoms. The molecule has 1 aromatic rings. The van der Waals surface area contributed by atoms with Crippen LogP contribution in [0.25, 0.3) is 0 Å². The van der Waals surface area contributed by atoms with Crippen molar-refractivity contribution in [1.82, 2.24) is 10.3 Å². The van der Waals surface area contributed by atoms with Gasteiger partial charge in [0.25, 0.3) is 5.22 Å². The first-order chi connectivity index (χ1) is 7.25. The van der Waals surface area contributed by atoms with Crippen LogP contribution in [0.1, 0.15) is 11.5 Å². The number of nitrogens with one attached hydrogen (secondary N) is 1. The Kier molecular flexibility index (Phi) is 3.66. The number of aromatic nitrogens is 1. The lowest BCUT2D eigenvalue weighted by Gasteiger charge is -2.22. The van der Waals surface area contributed by atoms with Gasteiger partial charge in [-0.3, -0.25) is 0 Å². The minimum atomic E-state index is 0.274. The molecule has 4 nitrogen and oxygen atoms in total. The first-order valence-corrected chi connectivity index (χ1v) is 6.13. The zero-order chi connectivity index (χ0) is 10.7. The summed E-state index contributed by atoms with van der Waals surface area (Å²) in [5.41, 5.74) is 0.972. The van der Waals surface area contributed by atoms with E-state index in [1.807, 2.05) is 13.8 Å². The number of hydrogen-bond acceptors (Lipinski definition) is 5. The van der Waals surface area contributed by atoms with Gasteiger partial charge in [-0.25, -0.2) is 4.98 Å². The lowest BCUT2D eigenvalue weighted by molar-refractivity contribution is 0.0439. The molecule has 1 aliphatic rings. The maximum atomic E-state index is 5.58. The van der Waals surface area contributed by atoms with Crippen LogP contribution in [0, 0.1) is 13.8 Å². The quantitative estimate of drug-likeness (QED) is 0.792. The van der Waals surface area contributed by atoms with Crippen LogP contribution in [0.3, 0.4) is 0 Å². The maximum absolute atomic E-state index is 5.58. The van der Waals surface area contributed by atoms with Crippen LogP contribution < -0.4 is 5.32 Å². The molecule has 84 valence electrons. The van der Waals surface area contributed by atoms with Gasteiger partial charge in [0.1, 0.15) is 5.76 Å². The fraction of sp³-hybridized carbons (Fsp3) is 0.700. The van der Waals surface area contributed by atoms with Crippen LogP contribution in [-0.4, -0.2) is 36.5 Å². The van der Waals surface area contributed by atoms with E-state index in [0.29, 0.717) is 0 Å². The van der Waals surface area contributed by atoms with Crippen molar-refractivity contribution in [2.75, 3.05) is 25.4 Å². The van der Waals surface area contributed by atoms with Gasteiger partial charge in [0, 0.05) is 18.8 Å². The summed E-state index contributed by atoms with van der Waals surface area (Å²) in [5.74, 6) is 1.80. The maximum Gasteiger partial charge on any atom is 0.256 e. The largest absolute Gasteiger partial charge is 0.437 e. The minimum Gasteiger partial charge on any atom is -0.437 e. The molecule has 5 heteroatoms. The van der Waals surface area contributed by atoms with Gasteiger partial charge in [-0.1, -0.05) is 11.8 Å². The Labute approximate surface area is 93.8 Å². The van der Waals surface area contributed by atoms with Crippen molar-refractivity contribution in [2.45, 2.75) is 25.2 Å².